The maximum Gasteiger partial charge on any atom is 0.268 e. The van der Waals surface area contributed by atoms with Crippen LogP contribution in [0, 0.1) is 0 Å². The molecule has 2 heterocycles. The first-order valence-electron chi connectivity index (χ1n) is 7.43. The summed E-state index contributed by atoms with van der Waals surface area (Å²) < 4.78 is 8.87. The minimum absolute atomic E-state index is 0.0898. The van der Waals surface area contributed by atoms with Crippen molar-refractivity contribution in [3.63, 3.8) is 0 Å². The molecule has 0 saturated carbocycles. The van der Waals surface area contributed by atoms with E-state index >= 15 is 0 Å². The molecule has 3 aromatic rings. The van der Waals surface area contributed by atoms with Crippen molar-refractivity contribution in [3.8, 4) is 5.75 Å². The van der Waals surface area contributed by atoms with Crippen molar-refractivity contribution in [1.29, 1.82) is 0 Å². The van der Waals surface area contributed by atoms with Crippen LogP contribution in [0.3, 0.4) is 0 Å². The summed E-state index contributed by atoms with van der Waals surface area (Å²) in [7, 11) is 0. The second-order valence-electron chi connectivity index (χ2n) is 5.01. The minimum Gasteiger partial charge on any atom is -0.492 e. The van der Waals surface area contributed by atoms with Crippen molar-refractivity contribution in [1.82, 2.24) is 9.88 Å². The zero-order valence-electron chi connectivity index (χ0n) is 12.7. The maximum absolute atomic E-state index is 12.3. The molecule has 0 aliphatic heterocycles. The number of nitrogens with zero attached hydrogens (tertiary/aromatic N) is 1. The van der Waals surface area contributed by atoms with Gasteiger partial charge in [0.25, 0.3) is 5.91 Å². The molecule has 0 fully saturated rings. The normalized spacial score (nSPS) is 10.6. The highest BCUT2D eigenvalue weighted by Gasteiger charge is 2.15. The molecule has 1 amide bonds. The highest BCUT2D eigenvalue weighted by Crippen LogP contribution is 2.25. The van der Waals surface area contributed by atoms with Gasteiger partial charge in [-0.25, -0.2) is 0 Å². The molecule has 0 aliphatic rings. The Morgan fingerprint density at radius 2 is 2.13 bits per heavy atom. The van der Waals surface area contributed by atoms with E-state index in [4.69, 9.17) is 4.74 Å². The molecule has 0 unspecified atom stereocenters. The molecule has 0 atom stereocenters. The van der Waals surface area contributed by atoms with E-state index in [0.29, 0.717) is 25.4 Å². The van der Waals surface area contributed by atoms with Crippen LogP contribution in [0.15, 0.2) is 60.5 Å². The van der Waals surface area contributed by atoms with Gasteiger partial charge in [0.2, 0.25) is 0 Å². The van der Waals surface area contributed by atoms with Crippen LogP contribution in [0.2, 0.25) is 0 Å². The van der Waals surface area contributed by atoms with Crippen molar-refractivity contribution in [2.24, 2.45) is 0 Å². The van der Waals surface area contributed by atoms with E-state index in [1.165, 1.54) is 0 Å². The van der Waals surface area contributed by atoms with Crippen molar-refractivity contribution < 1.29 is 9.53 Å². The molecule has 0 aliphatic carbocycles. The predicted octanol–water partition coefficient (Wildman–Crippen LogP) is 3.70. The third-order valence-corrected chi connectivity index (χ3v) is 4.34. The SMILES string of the molecule is C=CCNC(=O)c1cc2sccc2n1CCOc1ccccc1. The van der Waals surface area contributed by atoms with E-state index in [1.807, 2.05) is 52.4 Å². The molecular weight excluding hydrogens is 308 g/mol. The van der Waals surface area contributed by atoms with E-state index in [1.54, 1.807) is 17.4 Å². The van der Waals surface area contributed by atoms with Crippen molar-refractivity contribution in [2.45, 2.75) is 6.54 Å². The summed E-state index contributed by atoms with van der Waals surface area (Å²) in [6.07, 6.45) is 1.67. The summed E-state index contributed by atoms with van der Waals surface area (Å²) in [6, 6.07) is 13.6. The fraction of sp³-hybridized carbons (Fsp3) is 0.167. The number of hydrogen-bond donors (Lipinski definition) is 1. The van der Waals surface area contributed by atoms with Crippen molar-refractivity contribution in [3.05, 3.63) is 66.2 Å². The van der Waals surface area contributed by atoms with Gasteiger partial charge in [0, 0.05) is 6.54 Å². The Hall–Kier alpha value is -2.53. The molecule has 5 heteroatoms. The highest BCUT2D eigenvalue weighted by atomic mass is 32.1. The zero-order chi connectivity index (χ0) is 16.1. The molecule has 0 bridgehead atoms. The number of nitrogens with one attached hydrogen (secondary N) is 1. The lowest BCUT2D eigenvalue weighted by molar-refractivity contribution is 0.0948. The second kappa shape index (κ2) is 7.15. The summed E-state index contributed by atoms with van der Waals surface area (Å²) in [5, 5.41) is 4.87. The summed E-state index contributed by atoms with van der Waals surface area (Å²) >= 11 is 1.63. The lowest BCUT2D eigenvalue weighted by Gasteiger charge is -2.11. The van der Waals surface area contributed by atoms with E-state index in [9.17, 15) is 4.79 Å². The van der Waals surface area contributed by atoms with Gasteiger partial charge in [-0.05, 0) is 29.6 Å². The molecule has 0 spiro atoms. The van der Waals surface area contributed by atoms with Gasteiger partial charge in [-0.3, -0.25) is 4.79 Å². The molecule has 1 N–H and O–H groups in total. The zero-order valence-corrected chi connectivity index (χ0v) is 13.5. The average molecular weight is 326 g/mol. The summed E-state index contributed by atoms with van der Waals surface area (Å²) in [5.74, 6) is 0.742. The quantitative estimate of drug-likeness (QED) is 0.673. The lowest BCUT2D eigenvalue weighted by Crippen LogP contribution is -2.26. The number of benzene rings is 1. The summed E-state index contributed by atoms with van der Waals surface area (Å²) in [5.41, 5.74) is 1.72. The van der Waals surface area contributed by atoms with Crippen molar-refractivity contribution in [2.75, 3.05) is 13.2 Å². The Morgan fingerprint density at radius 3 is 2.91 bits per heavy atom. The molecule has 1 aromatic carbocycles. The molecule has 23 heavy (non-hydrogen) atoms. The van der Waals surface area contributed by atoms with Gasteiger partial charge in [-0.15, -0.1) is 17.9 Å². The number of carbonyl (C=O) groups is 1. The Balaban J connectivity index is 1.76. The second-order valence-corrected chi connectivity index (χ2v) is 5.96. The first-order chi connectivity index (χ1) is 11.3. The lowest BCUT2D eigenvalue weighted by atomic mass is 10.3. The largest absolute Gasteiger partial charge is 0.492 e. The van der Waals surface area contributed by atoms with Crippen molar-refractivity contribution >= 4 is 27.5 Å². The summed E-state index contributed by atoms with van der Waals surface area (Å²) in [6.45, 7) is 5.20. The average Bonchev–Trinajstić information content (AvgIpc) is 3.16. The Bertz CT molecular complexity index is 805. The van der Waals surface area contributed by atoms with Crippen LogP contribution in [-0.4, -0.2) is 23.6 Å². The number of carbonyl (C=O) groups excluding carboxylic acids is 1. The first-order valence-corrected chi connectivity index (χ1v) is 8.31. The fourth-order valence-electron chi connectivity index (χ4n) is 2.43. The standard InChI is InChI=1S/C18H18N2O2S/c1-2-9-19-18(21)16-13-17-15(8-12-23-17)20(16)10-11-22-14-6-4-3-5-7-14/h2-8,12-13H,1,9-11H2,(H,19,21). The molecule has 118 valence electrons. The van der Waals surface area contributed by atoms with Gasteiger partial charge in [-0.2, -0.15) is 0 Å². The van der Waals surface area contributed by atoms with Crippen LogP contribution in [0.1, 0.15) is 10.5 Å². The number of rotatable bonds is 7. The number of para-hydroxylation sites is 1. The molecule has 2 aromatic heterocycles. The number of hydrogen-bond acceptors (Lipinski definition) is 3. The van der Waals surface area contributed by atoms with Gasteiger partial charge in [0.1, 0.15) is 18.1 Å². The highest BCUT2D eigenvalue weighted by molar-refractivity contribution is 7.17. The van der Waals surface area contributed by atoms with Gasteiger partial charge in [0.05, 0.1) is 16.8 Å². The first kappa shape index (κ1) is 15.4. The monoisotopic (exact) mass is 326 g/mol. The van der Waals surface area contributed by atoms with E-state index in [-0.39, 0.29) is 5.91 Å². The third kappa shape index (κ3) is 3.46. The molecule has 0 saturated heterocycles. The molecule has 0 radical (unpaired) electrons. The van der Waals surface area contributed by atoms with Gasteiger partial charge >= 0.3 is 0 Å². The van der Waals surface area contributed by atoms with Crippen LogP contribution in [0.25, 0.3) is 10.2 Å². The van der Waals surface area contributed by atoms with Crippen LogP contribution >= 0.6 is 11.3 Å². The Morgan fingerprint density at radius 1 is 1.30 bits per heavy atom. The third-order valence-electron chi connectivity index (χ3n) is 3.49. The number of aromatic nitrogens is 1. The number of thiophene rings is 1. The fourth-order valence-corrected chi connectivity index (χ4v) is 3.26. The molecule has 3 rings (SSSR count). The van der Waals surface area contributed by atoms with Crippen LogP contribution in [0.5, 0.6) is 5.75 Å². The number of fused-ring (bicyclic) bond motifs is 1. The smallest absolute Gasteiger partial charge is 0.268 e. The summed E-state index contributed by atoms with van der Waals surface area (Å²) in [4.78, 5) is 12.3. The van der Waals surface area contributed by atoms with Gasteiger partial charge in [-0.1, -0.05) is 24.3 Å². The van der Waals surface area contributed by atoms with Crippen LogP contribution in [0.4, 0.5) is 0 Å². The topological polar surface area (TPSA) is 43.3 Å². The van der Waals surface area contributed by atoms with Gasteiger partial charge in [0.15, 0.2) is 0 Å². The Labute approximate surface area is 139 Å². The van der Waals surface area contributed by atoms with Gasteiger partial charge < -0.3 is 14.6 Å². The van der Waals surface area contributed by atoms with Crippen LogP contribution in [-0.2, 0) is 6.54 Å². The van der Waals surface area contributed by atoms with E-state index in [0.717, 1.165) is 16.0 Å². The predicted molar refractivity (Wildman–Crippen MR) is 94.3 cm³/mol. The number of ether oxygens (including phenoxy) is 1. The molecular formula is C18H18N2O2S. The van der Waals surface area contributed by atoms with E-state index in [2.05, 4.69) is 11.9 Å². The minimum atomic E-state index is -0.0898. The van der Waals surface area contributed by atoms with Crippen LogP contribution < -0.4 is 10.1 Å². The molecule has 4 nitrogen and oxygen atoms in total. The maximum atomic E-state index is 12.3. The number of amides is 1. The van der Waals surface area contributed by atoms with E-state index < -0.39 is 0 Å². The Kier molecular flexibility index (Phi) is 4.78.